The Bertz CT molecular complexity index is 409. The van der Waals surface area contributed by atoms with Gasteiger partial charge in [0.1, 0.15) is 5.75 Å². The van der Waals surface area contributed by atoms with E-state index in [4.69, 9.17) is 4.74 Å². The molecule has 0 bridgehead atoms. The lowest BCUT2D eigenvalue weighted by molar-refractivity contribution is 0.413. The highest BCUT2D eigenvalue weighted by molar-refractivity contribution is 7.85. The Morgan fingerprint density at radius 2 is 2.10 bits per heavy atom. The molecule has 0 heterocycles. The van der Waals surface area contributed by atoms with Crippen molar-refractivity contribution in [3.8, 4) is 5.75 Å². The molecule has 0 aliphatic carbocycles. The average Bonchev–Trinajstić information content (AvgIpc) is 2.49. The first-order chi connectivity index (χ1) is 9.71. The lowest BCUT2D eigenvalue weighted by atomic mass is 10.1. The van der Waals surface area contributed by atoms with Crippen LogP contribution < -0.4 is 10.1 Å². The predicted molar refractivity (Wildman–Crippen MR) is 86.8 cm³/mol. The van der Waals surface area contributed by atoms with E-state index in [2.05, 4.69) is 25.2 Å². The van der Waals surface area contributed by atoms with E-state index in [-0.39, 0.29) is 6.04 Å². The molecule has 0 fully saturated rings. The minimum Gasteiger partial charge on any atom is -0.497 e. The van der Waals surface area contributed by atoms with Crippen molar-refractivity contribution in [1.29, 1.82) is 0 Å². The fraction of sp³-hybridized carbons (Fsp3) is 0.625. The molecule has 1 rings (SSSR count). The highest BCUT2D eigenvalue weighted by atomic mass is 32.2. The molecule has 0 saturated carbocycles. The van der Waals surface area contributed by atoms with Crippen LogP contribution in [0, 0.1) is 0 Å². The van der Waals surface area contributed by atoms with Crippen molar-refractivity contribution in [1.82, 2.24) is 5.32 Å². The van der Waals surface area contributed by atoms with Crippen molar-refractivity contribution in [2.24, 2.45) is 0 Å². The van der Waals surface area contributed by atoms with E-state index in [9.17, 15) is 4.21 Å². The molecular weight excluding hydrogens is 270 g/mol. The summed E-state index contributed by atoms with van der Waals surface area (Å²) in [5, 5.41) is 3.50. The molecule has 1 N–H and O–H groups in total. The summed E-state index contributed by atoms with van der Waals surface area (Å²) in [6.45, 7) is 5.21. The van der Waals surface area contributed by atoms with Gasteiger partial charge in [0.25, 0.3) is 0 Å². The van der Waals surface area contributed by atoms with E-state index in [0.29, 0.717) is 5.75 Å². The van der Waals surface area contributed by atoms with E-state index in [0.717, 1.165) is 42.9 Å². The average molecular weight is 297 g/mol. The lowest BCUT2D eigenvalue weighted by Gasteiger charge is -2.19. The summed E-state index contributed by atoms with van der Waals surface area (Å²) in [6.07, 6.45) is 3.20. The summed E-state index contributed by atoms with van der Waals surface area (Å²) in [6, 6.07) is 8.18. The maximum absolute atomic E-state index is 12.1. The molecule has 0 saturated heterocycles. The molecule has 0 radical (unpaired) electrons. The number of nitrogens with one attached hydrogen (secondary N) is 1. The van der Waals surface area contributed by atoms with Gasteiger partial charge in [-0.1, -0.05) is 32.4 Å². The number of rotatable bonds is 10. The van der Waals surface area contributed by atoms with Gasteiger partial charge in [-0.15, -0.1) is 0 Å². The van der Waals surface area contributed by atoms with Gasteiger partial charge in [-0.2, -0.15) is 0 Å². The Kier molecular flexibility index (Phi) is 8.54. The van der Waals surface area contributed by atoms with Crippen LogP contribution in [0.25, 0.3) is 0 Å². The largest absolute Gasteiger partial charge is 0.497 e. The summed E-state index contributed by atoms with van der Waals surface area (Å²) in [7, 11) is 0.908. The molecule has 114 valence electrons. The van der Waals surface area contributed by atoms with Crippen LogP contribution in [0.1, 0.15) is 44.7 Å². The van der Waals surface area contributed by atoms with Crippen LogP contribution >= 0.6 is 0 Å². The molecule has 4 heteroatoms. The molecule has 1 aromatic rings. The Labute approximate surface area is 125 Å². The zero-order chi connectivity index (χ0) is 14.8. The zero-order valence-electron chi connectivity index (χ0n) is 12.9. The molecule has 0 aromatic heterocycles. The summed E-state index contributed by atoms with van der Waals surface area (Å²) in [4.78, 5) is 0. The smallest absolute Gasteiger partial charge is 0.119 e. The quantitative estimate of drug-likeness (QED) is 0.720. The van der Waals surface area contributed by atoms with Crippen molar-refractivity contribution in [3.63, 3.8) is 0 Å². The van der Waals surface area contributed by atoms with Crippen molar-refractivity contribution in [3.05, 3.63) is 29.8 Å². The van der Waals surface area contributed by atoms with E-state index in [1.807, 2.05) is 18.2 Å². The molecule has 2 unspecified atom stereocenters. The Morgan fingerprint density at radius 1 is 1.30 bits per heavy atom. The molecule has 0 amide bonds. The van der Waals surface area contributed by atoms with Crippen LogP contribution in [-0.2, 0) is 10.8 Å². The van der Waals surface area contributed by atoms with Crippen LogP contribution in [0.4, 0.5) is 0 Å². The van der Waals surface area contributed by atoms with E-state index in [1.54, 1.807) is 7.11 Å². The molecule has 0 spiro atoms. The highest BCUT2D eigenvalue weighted by Gasteiger charge is 2.14. The van der Waals surface area contributed by atoms with Gasteiger partial charge in [-0.05, 0) is 37.1 Å². The minimum absolute atomic E-state index is 0.141. The fourth-order valence-corrected chi connectivity index (χ4v) is 3.48. The molecule has 0 aliphatic rings. The summed E-state index contributed by atoms with van der Waals surface area (Å²) >= 11 is 0. The minimum atomic E-state index is -0.766. The third-order valence-corrected chi connectivity index (χ3v) is 4.66. The maximum atomic E-state index is 12.1. The number of ether oxygens (including phenoxy) is 1. The third kappa shape index (κ3) is 6.06. The molecule has 0 aliphatic heterocycles. The first kappa shape index (κ1) is 17.2. The number of hydrogen-bond acceptors (Lipinski definition) is 3. The van der Waals surface area contributed by atoms with E-state index >= 15 is 0 Å². The van der Waals surface area contributed by atoms with Crippen molar-refractivity contribution < 1.29 is 8.95 Å². The van der Waals surface area contributed by atoms with Crippen molar-refractivity contribution in [2.75, 3.05) is 25.2 Å². The maximum Gasteiger partial charge on any atom is 0.119 e. The topological polar surface area (TPSA) is 38.3 Å². The van der Waals surface area contributed by atoms with Crippen molar-refractivity contribution >= 4 is 10.8 Å². The van der Waals surface area contributed by atoms with Gasteiger partial charge in [0, 0.05) is 28.3 Å². The number of unbranched alkanes of at least 4 members (excludes halogenated alkanes) is 1. The normalized spacial score (nSPS) is 13.9. The van der Waals surface area contributed by atoms with Crippen LogP contribution in [-0.4, -0.2) is 29.4 Å². The van der Waals surface area contributed by atoms with Gasteiger partial charge in [-0.3, -0.25) is 4.21 Å². The number of hydrogen-bond donors (Lipinski definition) is 1. The van der Waals surface area contributed by atoms with E-state index in [1.165, 1.54) is 0 Å². The molecule has 2 atom stereocenters. The fourth-order valence-electron chi connectivity index (χ4n) is 2.02. The van der Waals surface area contributed by atoms with Gasteiger partial charge < -0.3 is 10.1 Å². The SMILES string of the molecule is CCCCS(=O)CC(NCCC)c1cccc(OC)c1. The third-order valence-electron chi connectivity index (χ3n) is 3.22. The summed E-state index contributed by atoms with van der Waals surface area (Å²) < 4.78 is 17.4. The summed E-state index contributed by atoms with van der Waals surface area (Å²) in [5.41, 5.74) is 1.16. The van der Waals surface area contributed by atoms with Gasteiger partial charge in [0.2, 0.25) is 0 Å². The van der Waals surface area contributed by atoms with Crippen LogP contribution in [0.3, 0.4) is 0 Å². The van der Waals surface area contributed by atoms with Crippen LogP contribution in [0.15, 0.2) is 24.3 Å². The van der Waals surface area contributed by atoms with E-state index < -0.39 is 10.8 Å². The standard InChI is InChI=1S/C16H27NO2S/c1-4-6-11-20(18)13-16(17-10-5-2)14-8-7-9-15(12-14)19-3/h7-9,12,16-17H,4-6,10-11,13H2,1-3H3. The number of methoxy groups -OCH3 is 1. The highest BCUT2D eigenvalue weighted by Crippen LogP contribution is 2.20. The van der Waals surface area contributed by atoms with Crippen LogP contribution in [0.5, 0.6) is 5.75 Å². The first-order valence-corrected chi connectivity index (χ1v) is 8.92. The monoisotopic (exact) mass is 297 g/mol. The second-order valence-corrected chi connectivity index (χ2v) is 6.57. The van der Waals surface area contributed by atoms with Crippen LogP contribution in [0.2, 0.25) is 0 Å². The lowest BCUT2D eigenvalue weighted by Crippen LogP contribution is -2.27. The Balaban J connectivity index is 2.73. The van der Waals surface area contributed by atoms with Gasteiger partial charge in [0.15, 0.2) is 0 Å². The van der Waals surface area contributed by atoms with Gasteiger partial charge in [0.05, 0.1) is 7.11 Å². The first-order valence-electron chi connectivity index (χ1n) is 7.43. The van der Waals surface area contributed by atoms with Crippen molar-refractivity contribution in [2.45, 2.75) is 39.2 Å². The van der Waals surface area contributed by atoms with Gasteiger partial charge >= 0.3 is 0 Å². The second kappa shape index (κ2) is 9.94. The Hall–Kier alpha value is -0.870. The summed E-state index contributed by atoms with van der Waals surface area (Å²) in [5.74, 6) is 2.32. The predicted octanol–water partition coefficient (Wildman–Crippen LogP) is 3.28. The Morgan fingerprint density at radius 3 is 2.75 bits per heavy atom. The molecular formula is C16H27NO2S. The molecule has 3 nitrogen and oxygen atoms in total. The van der Waals surface area contributed by atoms with Gasteiger partial charge in [-0.25, -0.2) is 0 Å². The second-order valence-electron chi connectivity index (χ2n) is 4.95. The molecule has 1 aromatic carbocycles. The molecule has 20 heavy (non-hydrogen) atoms. The zero-order valence-corrected chi connectivity index (χ0v) is 13.7. The number of benzene rings is 1.